The van der Waals surface area contributed by atoms with Gasteiger partial charge in [-0.3, -0.25) is 9.78 Å². The van der Waals surface area contributed by atoms with E-state index < -0.39 is 0 Å². The molecule has 1 saturated heterocycles. The molecule has 0 atom stereocenters. The fraction of sp³-hybridized carbons (Fsp3) is 0.304. The monoisotopic (exact) mass is 435 g/mol. The first-order valence-corrected chi connectivity index (χ1v) is 10.6. The molecule has 8 nitrogen and oxygen atoms in total. The number of benzene rings is 1. The van der Waals surface area contributed by atoms with Crippen molar-refractivity contribution in [3.05, 3.63) is 66.4 Å². The van der Waals surface area contributed by atoms with Crippen LogP contribution in [-0.4, -0.2) is 51.9 Å². The fourth-order valence-corrected chi connectivity index (χ4v) is 3.63. The molecule has 2 N–H and O–H groups in total. The third kappa shape index (κ3) is 5.69. The number of rotatable bonds is 6. The summed E-state index contributed by atoms with van der Waals surface area (Å²) in [5.74, 6) is 1.77. The first-order valence-electron chi connectivity index (χ1n) is 10.6. The van der Waals surface area contributed by atoms with Crippen LogP contribution < -0.4 is 15.5 Å². The summed E-state index contributed by atoms with van der Waals surface area (Å²) in [6.07, 6.45) is 5.76. The highest BCUT2D eigenvalue weighted by atomic mass is 19.1. The number of aromatic nitrogens is 3. The lowest BCUT2D eigenvalue weighted by Crippen LogP contribution is -2.33. The zero-order valence-corrected chi connectivity index (χ0v) is 18.0. The zero-order valence-electron chi connectivity index (χ0n) is 18.0. The second kappa shape index (κ2) is 10.0. The van der Waals surface area contributed by atoms with E-state index in [1.165, 1.54) is 12.1 Å². The van der Waals surface area contributed by atoms with Crippen molar-refractivity contribution in [1.82, 2.24) is 19.9 Å². The first-order chi connectivity index (χ1) is 15.6. The highest BCUT2D eigenvalue weighted by Gasteiger charge is 2.18. The van der Waals surface area contributed by atoms with Gasteiger partial charge >= 0.3 is 0 Å². The van der Waals surface area contributed by atoms with E-state index in [1.807, 2.05) is 17.0 Å². The molecule has 1 aliphatic rings. The van der Waals surface area contributed by atoms with Crippen molar-refractivity contribution in [2.24, 2.45) is 0 Å². The molecule has 9 heteroatoms. The quantitative estimate of drug-likeness (QED) is 0.614. The molecule has 0 unspecified atom stereocenters. The average Bonchev–Trinajstić information content (AvgIpc) is 3.06. The molecular weight excluding hydrogens is 409 g/mol. The van der Waals surface area contributed by atoms with Crippen molar-refractivity contribution >= 4 is 29.0 Å². The van der Waals surface area contributed by atoms with E-state index in [4.69, 9.17) is 0 Å². The second-order valence-electron chi connectivity index (χ2n) is 7.64. The van der Waals surface area contributed by atoms with Crippen molar-refractivity contribution in [2.45, 2.75) is 19.9 Å². The second-order valence-corrected chi connectivity index (χ2v) is 7.64. The number of carbonyl (C=O) groups is 1. The summed E-state index contributed by atoms with van der Waals surface area (Å²) in [5, 5.41) is 6.53. The number of halogens is 1. The summed E-state index contributed by atoms with van der Waals surface area (Å²) >= 11 is 0. The third-order valence-electron chi connectivity index (χ3n) is 5.32. The number of amides is 1. The van der Waals surface area contributed by atoms with E-state index >= 15 is 0 Å². The Morgan fingerprint density at radius 2 is 1.84 bits per heavy atom. The minimum atomic E-state index is -0.259. The van der Waals surface area contributed by atoms with Crippen LogP contribution in [0.3, 0.4) is 0 Å². The Bertz CT molecular complexity index is 1050. The molecular formula is C23H26FN7O. The molecule has 1 fully saturated rings. The Kier molecular flexibility index (Phi) is 6.74. The van der Waals surface area contributed by atoms with Gasteiger partial charge in [-0.15, -0.1) is 0 Å². The van der Waals surface area contributed by atoms with Crippen molar-refractivity contribution in [2.75, 3.05) is 41.7 Å². The van der Waals surface area contributed by atoms with Gasteiger partial charge in [0.15, 0.2) is 0 Å². The summed E-state index contributed by atoms with van der Waals surface area (Å²) in [6, 6.07) is 10.3. The minimum absolute atomic E-state index is 0.105. The molecule has 0 saturated carbocycles. The van der Waals surface area contributed by atoms with Crippen LogP contribution in [0.25, 0.3) is 0 Å². The van der Waals surface area contributed by atoms with Crippen LogP contribution in [0.4, 0.5) is 27.5 Å². The highest BCUT2D eigenvalue weighted by molar-refractivity contribution is 5.73. The Morgan fingerprint density at radius 3 is 2.59 bits per heavy atom. The van der Waals surface area contributed by atoms with E-state index in [0.29, 0.717) is 30.5 Å². The van der Waals surface area contributed by atoms with Gasteiger partial charge in [0.2, 0.25) is 5.91 Å². The summed E-state index contributed by atoms with van der Waals surface area (Å²) in [7, 11) is 0. The maximum absolute atomic E-state index is 13.2. The van der Waals surface area contributed by atoms with Gasteiger partial charge in [-0.1, -0.05) is 12.1 Å². The SMILES string of the molecule is CC(=O)N1CCCN(c2cc(NCc3ccc(F)cc3)nc(Nc3cnccn3)c2)CC1. The van der Waals surface area contributed by atoms with E-state index in [-0.39, 0.29) is 11.7 Å². The average molecular weight is 436 g/mol. The largest absolute Gasteiger partial charge is 0.369 e. The van der Waals surface area contributed by atoms with Crippen LogP contribution in [0.2, 0.25) is 0 Å². The molecule has 32 heavy (non-hydrogen) atoms. The lowest BCUT2D eigenvalue weighted by molar-refractivity contribution is -0.128. The number of anilines is 4. The number of nitrogens with zero attached hydrogens (tertiary/aromatic N) is 5. The van der Waals surface area contributed by atoms with Crippen molar-refractivity contribution in [3.63, 3.8) is 0 Å². The van der Waals surface area contributed by atoms with Crippen LogP contribution in [0.15, 0.2) is 55.0 Å². The van der Waals surface area contributed by atoms with Gasteiger partial charge < -0.3 is 20.4 Å². The fourth-order valence-electron chi connectivity index (χ4n) is 3.63. The predicted molar refractivity (Wildman–Crippen MR) is 122 cm³/mol. The van der Waals surface area contributed by atoms with E-state index in [1.54, 1.807) is 37.6 Å². The third-order valence-corrected chi connectivity index (χ3v) is 5.32. The van der Waals surface area contributed by atoms with E-state index in [0.717, 1.165) is 37.3 Å². The highest BCUT2D eigenvalue weighted by Crippen LogP contribution is 2.25. The van der Waals surface area contributed by atoms with Crippen LogP contribution >= 0.6 is 0 Å². The van der Waals surface area contributed by atoms with Crippen LogP contribution in [0, 0.1) is 5.82 Å². The number of carbonyl (C=O) groups excluding carboxylic acids is 1. The van der Waals surface area contributed by atoms with E-state index in [9.17, 15) is 9.18 Å². The summed E-state index contributed by atoms with van der Waals surface area (Å²) in [5.41, 5.74) is 1.95. The maximum Gasteiger partial charge on any atom is 0.219 e. The van der Waals surface area contributed by atoms with Crippen LogP contribution in [0.1, 0.15) is 18.9 Å². The molecule has 3 aromatic rings. The smallest absolute Gasteiger partial charge is 0.219 e. The lowest BCUT2D eigenvalue weighted by Gasteiger charge is -2.24. The summed E-state index contributed by atoms with van der Waals surface area (Å²) < 4.78 is 13.2. The number of hydrogen-bond acceptors (Lipinski definition) is 7. The molecule has 1 amide bonds. The van der Waals surface area contributed by atoms with Crippen molar-refractivity contribution < 1.29 is 9.18 Å². The Morgan fingerprint density at radius 1 is 1.03 bits per heavy atom. The van der Waals surface area contributed by atoms with Gasteiger partial charge in [-0.25, -0.2) is 14.4 Å². The molecule has 4 rings (SSSR count). The topological polar surface area (TPSA) is 86.3 Å². The number of pyridine rings is 1. The lowest BCUT2D eigenvalue weighted by atomic mass is 10.2. The van der Waals surface area contributed by atoms with Gasteiger partial charge in [0.25, 0.3) is 0 Å². The molecule has 0 radical (unpaired) electrons. The Hall–Kier alpha value is -3.75. The number of hydrogen-bond donors (Lipinski definition) is 2. The van der Waals surface area contributed by atoms with Crippen LogP contribution in [-0.2, 0) is 11.3 Å². The Labute approximate surface area is 186 Å². The predicted octanol–water partition coefficient (Wildman–Crippen LogP) is 3.43. The number of nitrogens with one attached hydrogen (secondary N) is 2. The molecule has 2 aromatic heterocycles. The molecule has 0 bridgehead atoms. The minimum Gasteiger partial charge on any atom is -0.369 e. The standard InChI is InChI=1S/C23H26FN7O/c1-17(32)30-9-2-10-31(12-11-30)20-13-21(27-15-18-3-5-19(24)6-4-18)28-22(14-20)29-23-16-25-7-8-26-23/h3-8,13-14,16H,2,9-12,15H2,1H3,(H2,26,27,28,29). The molecule has 0 spiro atoms. The van der Waals surface area contributed by atoms with Gasteiger partial charge in [-0.05, 0) is 24.1 Å². The van der Waals surface area contributed by atoms with Gasteiger partial charge in [0.05, 0.1) is 6.20 Å². The molecule has 0 aliphatic carbocycles. The summed E-state index contributed by atoms with van der Waals surface area (Å²) in [4.78, 5) is 29.0. The van der Waals surface area contributed by atoms with E-state index in [2.05, 4.69) is 30.5 Å². The van der Waals surface area contributed by atoms with Gasteiger partial charge in [0, 0.05) is 69.9 Å². The molecule has 1 aromatic carbocycles. The van der Waals surface area contributed by atoms with Crippen LogP contribution in [0.5, 0.6) is 0 Å². The summed E-state index contributed by atoms with van der Waals surface area (Å²) in [6.45, 7) is 5.16. The molecule has 1 aliphatic heterocycles. The van der Waals surface area contributed by atoms with Crippen molar-refractivity contribution in [1.29, 1.82) is 0 Å². The van der Waals surface area contributed by atoms with Gasteiger partial charge in [-0.2, -0.15) is 0 Å². The van der Waals surface area contributed by atoms with Crippen molar-refractivity contribution in [3.8, 4) is 0 Å². The molecule has 3 heterocycles. The Balaban J connectivity index is 1.56. The maximum atomic E-state index is 13.2. The zero-order chi connectivity index (χ0) is 22.3. The normalized spacial score (nSPS) is 14.1. The first kappa shape index (κ1) is 21.5. The molecule has 166 valence electrons. The van der Waals surface area contributed by atoms with Gasteiger partial charge in [0.1, 0.15) is 23.3 Å².